The van der Waals surface area contributed by atoms with Crippen LogP contribution < -0.4 is 0 Å². The van der Waals surface area contributed by atoms with Crippen molar-refractivity contribution in [2.24, 2.45) is 0 Å². The van der Waals surface area contributed by atoms with Crippen LogP contribution in [0.25, 0.3) is 17.2 Å². The zero-order valence-corrected chi connectivity index (χ0v) is 13.1. The highest BCUT2D eigenvalue weighted by Crippen LogP contribution is 2.39. The molecule has 0 heterocycles. The fourth-order valence-corrected chi connectivity index (χ4v) is 3.32. The molecule has 0 aliphatic heterocycles. The van der Waals surface area contributed by atoms with Crippen molar-refractivity contribution in [3.8, 4) is 11.1 Å². The molecule has 0 saturated carbocycles. The van der Waals surface area contributed by atoms with Gasteiger partial charge < -0.3 is 0 Å². The summed E-state index contributed by atoms with van der Waals surface area (Å²) in [6.07, 6.45) is 3.39. The molecular formula is C18H17Br. The highest BCUT2D eigenvalue weighted by atomic mass is 79.9. The van der Waals surface area contributed by atoms with Crippen LogP contribution in [0.5, 0.6) is 0 Å². The third-order valence-corrected chi connectivity index (χ3v) is 4.78. The number of aryl methyl sites for hydroxylation is 1. The third kappa shape index (κ3) is 2.06. The van der Waals surface area contributed by atoms with Crippen molar-refractivity contribution in [3.05, 3.63) is 62.6 Å². The predicted molar refractivity (Wildman–Crippen MR) is 86.4 cm³/mol. The Morgan fingerprint density at radius 3 is 2.53 bits per heavy atom. The lowest BCUT2D eigenvalue weighted by molar-refractivity contribution is 1.18. The van der Waals surface area contributed by atoms with Gasteiger partial charge in [-0.05, 0) is 66.6 Å². The molecule has 0 atom stereocenters. The molecule has 0 aromatic heterocycles. The monoisotopic (exact) mass is 312 g/mol. The van der Waals surface area contributed by atoms with Gasteiger partial charge in [0.2, 0.25) is 0 Å². The number of benzene rings is 2. The molecule has 0 spiro atoms. The molecule has 2 aromatic carbocycles. The third-order valence-electron chi connectivity index (χ3n) is 4.04. The van der Waals surface area contributed by atoms with Gasteiger partial charge in [-0.2, -0.15) is 0 Å². The summed E-state index contributed by atoms with van der Waals surface area (Å²) in [6, 6.07) is 11.0. The molecule has 0 saturated heterocycles. The summed E-state index contributed by atoms with van der Waals surface area (Å²) in [4.78, 5) is 0. The van der Waals surface area contributed by atoms with Crippen LogP contribution in [0.4, 0.5) is 0 Å². The van der Waals surface area contributed by atoms with Crippen LogP contribution in [0, 0.1) is 13.8 Å². The molecule has 0 fully saturated rings. The number of allylic oxidation sites excluding steroid dienone is 1. The van der Waals surface area contributed by atoms with Crippen molar-refractivity contribution in [2.45, 2.75) is 27.2 Å². The van der Waals surface area contributed by atoms with Crippen LogP contribution in [-0.4, -0.2) is 0 Å². The van der Waals surface area contributed by atoms with Gasteiger partial charge in [0.05, 0.1) is 0 Å². The molecule has 0 N–H and O–H groups in total. The topological polar surface area (TPSA) is 0 Å². The van der Waals surface area contributed by atoms with E-state index in [1.807, 2.05) is 0 Å². The van der Waals surface area contributed by atoms with E-state index in [1.165, 1.54) is 43.4 Å². The van der Waals surface area contributed by atoms with E-state index in [9.17, 15) is 0 Å². The van der Waals surface area contributed by atoms with E-state index in [4.69, 9.17) is 0 Å². The van der Waals surface area contributed by atoms with Crippen molar-refractivity contribution >= 4 is 22.0 Å². The van der Waals surface area contributed by atoms with Crippen LogP contribution >= 0.6 is 15.9 Å². The van der Waals surface area contributed by atoms with Gasteiger partial charge >= 0.3 is 0 Å². The van der Waals surface area contributed by atoms with Crippen molar-refractivity contribution in [2.75, 3.05) is 0 Å². The number of rotatable bonds is 1. The zero-order valence-electron chi connectivity index (χ0n) is 11.5. The fourth-order valence-electron chi connectivity index (χ4n) is 2.84. The standard InChI is InChI=1S/C18H17Br/c1-11-9-16-15(7-8-18(19)17(16)10-11)14-6-4-5-12(2)13(14)3/h4-9H,10H2,1-3H3. The second-order valence-corrected chi connectivity index (χ2v) is 6.26. The lowest BCUT2D eigenvalue weighted by Crippen LogP contribution is -1.92. The van der Waals surface area contributed by atoms with Gasteiger partial charge in [-0.1, -0.05) is 51.8 Å². The lowest BCUT2D eigenvalue weighted by Gasteiger charge is -2.13. The molecule has 1 heteroatoms. The molecular weight excluding hydrogens is 296 g/mol. The minimum absolute atomic E-state index is 1.06. The SMILES string of the molecule is CC1=Cc2c(-c3cccc(C)c3C)ccc(Br)c2C1. The van der Waals surface area contributed by atoms with Gasteiger partial charge in [0.15, 0.2) is 0 Å². The Morgan fingerprint density at radius 1 is 0.947 bits per heavy atom. The summed E-state index contributed by atoms with van der Waals surface area (Å²) < 4.78 is 1.23. The van der Waals surface area contributed by atoms with E-state index >= 15 is 0 Å². The molecule has 1 aliphatic rings. The summed E-state index contributed by atoms with van der Waals surface area (Å²) in [7, 11) is 0. The van der Waals surface area contributed by atoms with Gasteiger partial charge in [0.1, 0.15) is 0 Å². The van der Waals surface area contributed by atoms with Crippen LogP contribution in [0.15, 0.2) is 40.4 Å². The molecule has 0 unspecified atom stereocenters. The molecule has 3 rings (SSSR count). The van der Waals surface area contributed by atoms with Gasteiger partial charge in [0, 0.05) is 4.47 Å². The zero-order chi connectivity index (χ0) is 13.6. The smallest absolute Gasteiger partial charge is 0.0216 e. The van der Waals surface area contributed by atoms with Gasteiger partial charge in [-0.3, -0.25) is 0 Å². The molecule has 2 aromatic rings. The highest BCUT2D eigenvalue weighted by molar-refractivity contribution is 9.10. The van der Waals surface area contributed by atoms with E-state index in [1.54, 1.807) is 0 Å². The first-order valence-corrected chi connectivity index (χ1v) is 7.42. The minimum Gasteiger partial charge on any atom is -0.0682 e. The van der Waals surface area contributed by atoms with Crippen molar-refractivity contribution < 1.29 is 0 Å². The Bertz CT molecular complexity index is 693. The first-order chi connectivity index (χ1) is 9.08. The van der Waals surface area contributed by atoms with Gasteiger partial charge in [-0.15, -0.1) is 0 Å². The van der Waals surface area contributed by atoms with Crippen molar-refractivity contribution in [1.82, 2.24) is 0 Å². The van der Waals surface area contributed by atoms with E-state index in [0.29, 0.717) is 0 Å². The molecule has 0 bridgehead atoms. The normalized spacial score (nSPS) is 13.4. The largest absolute Gasteiger partial charge is 0.0682 e. The molecule has 1 aliphatic carbocycles. The molecule has 19 heavy (non-hydrogen) atoms. The van der Waals surface area contributed by atoms with Gasteiger partial charge in [0.25, 0.3) is 0 Å². The second kappa shape index (κ2) is 4.64. The minimum atomic E-state index is 1.06. The van der Waals surface area contributed by atoms with Crippen molar-refractivity contribution in [3.63, 3.8) is 0 Å². The number of fused-ring (bicyclic) bond motifs is 1. The number of hydrogen-bond acceptors (Lipinski definition) is 0. The van der Waals surface area contributed by atoms with Crippen LogP contribution in [-0.2, 0) is 6.42 Å². The lowest BCUT2D eigenvalue weighted by atomic mass is 9.92. The van der Waals surface area contributed by atoms with E-state index in [0.717, 1.165) is 6.42 Å². The van der Waals surface area contributed by atoms with E-state index in [2.05, 4.69) is 73.1 Å². The Hall–Kier alpha value is -1.34. The van der Waals surface area contributed by atoms with Gasteiger partial charge in [-0.25, -0.2) is 0 Å². The van der Waals surface area contributed by atoms with Crippen LogP contribution in [0.2, 0.25) is 0 Å². The molecule has 96 valence electrons. The fraction of sp³-hybridized carbons (Fsp3) is 0.222. The number of hydrogen-bond donors (Lipinski definition) is 0. The Labute approximate surface area is 123 Å². The summed E-state index contributed by atoms with van der Waals surface area (Å²) in [5, 5.41) is 0. The second-order valence-electron chi connectivity index (χ2n) is 5.40. The Morgan fingerprint density at radius 2 is 1.74 bits per heavy atom. The number of halogens is 1. The van der Waals surface area contributed by atoms with E-state index < -0.39 is 0 Å². The highest BCUT2D eigenvalue weighted by Gasteiger charge is 2.18. The summed E-state index contributed by atoms with van der Waals surface area (Å²) in [5.74, 6) is 0. The summed E-state index contributed by atoms with van der Waals surface area (Å²) >= 11 is 3.68. The molecule has 0 nitrogen and oxygen atoms in total. The molecule has 0 amide bonds. The maximum absolute atomic E-state index is 3.68. The quantitative estimate of drug-likeness (QED) is 0.634. The summed E-state index contributed by atoms with van der Waals surface area (Å²) in [5.41, 5.74) is 9.70. The maximum atomic E-state index is 3.68. The Kier molecular flexibility index (Phi) is 3.10. The summed E-state index contributed by atoms with van der Waals surface area (Å²) in [6.45, 7) is 6.60. The van der Waals surface area contributed by atoms with Crippen molar-refractivity contribution in [1.29, 1.82) is 0 Å². The van der Waals surface area contributed by atoms with Crippen LogP contribution in [0.1, 0.15) is 29.2 Å². The van der Waals surface area contributed by atoms with Crippen LogP contribution in [0.3, 0.4) is 0 Å². The van der Waals surface area contributed by atoms with E-state index in [-0.39, 0.29) is 0 Å². The maximum Gasteiger partial charge on any atom is 0.0216 e. The molecule has 0 radical (unpaired) electrons. The predicted octanol–water partition coefficient (Wildman–Crippen LogP) is 5.69. The first-order valence-electron chi connectivity index (χ1n) is 6.63. The average Bonchev–Trinajstić information content (AvgIpc) is 2.76. The Balaban J connectivity index is 2.28. The average molecular weight is 313 g/mol. The first kappa shape index (κ1) is 12.7.